The standard InChI is InChI=1S/C15H14BrN3O/c1-10-13-8-17-19-14(13)12(7-16)15(18-10)20-9-11-5-3-2-4-6-11/h2-6,8H,7,9H2,1H3,(H,17,19). The molecule has 0 fully saturated rings. The van der Waals surface area contributed by atoms with Crippen LogP contribution in [0.15, 0.2) is 36.5 Å². The van der Waals surface area contributed by atoms with E-state index in [1.165, 1.54) is 0 Å². The third kappa shape index (κ3) is 2.41. The molecule has 3 aromatic rings. The Morgan fingerprint density at radius 2 is 2.05 bits per heavy atom. The summed E-state index contributed by atoms with van der Waals surface area (Å²) in [4.78, 5) is 4.55. The summed E-state index contributed by atoms with van der Waals surface area (Å²) in [6.07, 6.45) is 1.80. The molecule has 0 aliphatic heterocycles. The quantitative estimate of drug-likeness (QED) is 0.741. The van der Waals surface area contributed by atoms with Crippen molar-refractivity contribution in [2.24, 2.45) is 0 Å². The molecule has 0 spiro atoms. The molecule has 0 unspecified atom stereocenters. The van der Waals surface area contributed by atoms with Gasteiger partial charge in [0, 0.05) is 10.7 Å². The second kappa shape index (κ2) is 5.63. The number of hydrogen-bond acceptors (Lipinski definition) is 3. The average Bonchev–Trinajstić information content (AvgIpc) is 2.96. The topological polar surface area (TPSA) is 50.8 Å². The lowest BCUT2D eigenvalue weighted by Gasteiger charge is -2.11. The van der Waals surface area contributed by atoms with Crippen molar-refractivity contribution < 1.29 is 4.74 Å². The maximum Gasteiger partial charge on any atom is 0.220 e. The Kier molecular flexibility index (Phi) is 3.69. The van der Waals surface area contributed by atoms with Gasteiger partial charge in [0.05, 0.1) is 23.0 Å². The molecule has 1 aromatic carbocycles. The summed E-state index contributed by atoms with van der Waals surface area (Å²) in [7, 11) is 0. The Morgan fingerprint density at radius 3 is 2.80 bits per heavy atom. The minimum Gasteiger partial charge on any atom is -0.473 e. The number of hydrogen-bond donors (Lipinski definition) is 1. The number of aromatic amines is 1. The zero-order chi connectivity index (χ0) is 13.9. The molecule has 4 nitrogen and oxygen atoms in total. The van der Waals surface area contributed by atoms with E-state index in [-0.39, 0.29) is 0 Å². The van der Waals surface area contributed by atoms with E-state index in [1.54, 1.807) is 6.20 Å². The number of aromatic nitrogens is 3. The smallest absolute Gasteiger partial charge is 0.220 e. The molecule has 0 atom stereocenters. The van der Waals surface area contributed by atoms with Crippen molar-refractivity contribution in [3.05, 3.63) is 53.3 Å². The molecule has 5 heteroatoms. The summed E-state index contributed by atoms with van der Waals surface area (Å²) >= 11 is 3.50. The highest BCUT2D eigenvalue weighted by Crippen LogP contribution is 2.29. The highest BCUT2D eigenvalue weighted by molar-refractivity contribution is 9.08. The van der Waals surface area contributed by atoms with Crippen molar-refractivity contribution in [1.82, 2.24) is 15.2 Å². The fourth-order valence-electron chi connectivity index (χ4n) is 2.15. The van der Waals surface area contributed by atoms with Crippen LogP contribution in [0.1, 0.15) is 16.8 Å². The number of nitrogens with zero attached hydrogens (tertiary/aromatic N) is 2. The summed E-state index contributed by atoms with van der Waals surface area (Å²) in [6.45, 7) is 2.47. The summed E-state index contributed by atoms with van der Waals surface area (Å²) in [5.74, 6) is 0.653. The van der Waals surface area contributed by atoms with E-state index in [9.17, 15) is 0 Å². The molecular formula is C15H14BrN3O. The van der Waals surface area contributed by atoms with Gasteiger partial charge in [-0.3, -0.25) is 5.10 Å². The number of benzene rings is 1. The van der Waals surface area contributed by atoms with Crippen LogP contribution in [0.5, 0.6) is 5.88 Å². The number of aryl methyl sites for hydroxylation is 1. The lowest BCUT2D eigenvalue weighted by atomic mass is 10.2. The summed E-state index contributed by atoms with van der Waals surface area (Å²) < 4.78 is 5.88. The van der Waals surface area contributed by atoms with Gasteiger partial charge in [-0.2, -0.15) is 5.10 Å². The number of ether oxygens (including phenoxy) is 1. The molecule has 0 saturated carbocycles. The molecule has 0 aliphatic carbocycles. The molecule has 102 valence electrons. The molecular weight excluding hydrogens is 318 g/mol. The van der Waals surface area contributed by atoms with Crippen molar-refractivity contribution >= 4 is 26.8 Å². The van der Waals surface area contributed by atoms with E-state index in [4.69, 9.17) is 4.74 Å². The molecule has 3 rings (SSSR count). The second-order valence-electron chi connectivity index (χ2n) is 4.55. The van der Waals surface area contributed by atoms with Crippen molar-refractivity contribution in [2.75, 3.05) is 0 Å². The molecule has 2 heterocycles. The van der Waals surface area contributed by atoms with Crippen molar-refractivity contribution in [3.63, 3.8) is 0 Å². The second-order valence-corrected chi connectivity index (χ2v) is 5.11. The zero-order valence-corrected chi connectivity index (χ0v) is 12.6. The summed E-state index contributed by atoms with van der Waals surface area (Å²) in [5, 5.41) is 8.81. The number of fused-ring (bicyclic) bond motifs is 1. The van der Waals surface area contributed by atoms with E-state index in [0.29, 0.717) is 17.8 Å². The minimum atomic E-state index is 0.507. The van der Waals surface area contributed by atoms with Gasteiger partial charge in [-0.05, 0) is 12.5 Å². The number of halogens is 1. The lowest BCUT2D eigenvalue weighted by Crippen LogP contribution is -2.02. The monoisotopic (exact) mass is 331 g/mol. The molecule has 0 aliphatic rings. The largest absolute Gasteiger partial charge is 0.473 e. The maximum atomic E-state index is 5.88. The van der Waals surface area contributed by atoms with Gasteiger partial charge < -0.3 is 4.74 Å². The molecule has 20 heavy (non-hydrogen) atoms. The van der Waals surface area contributed by atoms with Gasteiger partial charge >= 0.3 is 0 Å². The van der Waals surface area contributed by atoms with Gasteiger partial charge in [0.1, 0.15) is 6.61 Å². The van der Waals surface area contributed by atoms with Gasteiger partial charge in [-0.25, -0.2) is 4.98 Å². The highest BCUT2D eigenvalue weighted by atomic mass is 79.9. The van der Waals surface area contributed by atoms with E-state index in [1.807, 2.05) is 37.3 Å². The first kappa shape index (κ1) is 13.1. The number of H-pyrrole nitrogens is 1. The number of alkyl halides is 1. The molecule has 0 saturated heterocycles. The molecule has 1 N–H and O–H groups in total. The third-order valence-corrected chi connectivity index (χ3v) is 3.77. The number of rotatable bonds is 4. The Bertz CT molecular complexity index is 725. The Morgan fingerprint density at radius 1 is 1.25 bits per heavy atom. The third-order valence-electron chi connectivity index (χ3n) is 3.21. The zero-order valence-electron chi connectivity index (χ0n) is 11.1. The van der Waals surface area contributed by atoms with Crippen molar-refractivity contribution in [3.8, 4) is 5.88 Å². The van der Waals surface area contributed by atoms with Gasteiger partial charge in [0.2, 0.25) is 5.88 Å². The van der Waals surface area contributed by atoms with Crippen molar-refractivity contribution in [1.29, 1.82) is 0 Å². The van der Waals surface area contributed by atoms with Crippen LogP contribution in [-0.4, -0.2) is 15.2 Å². The predicted octanol–water partition coefficient (Wildman–Crippen LogP) is 3.74. The predicted molar refractivity (Wildman–Crippen MR) is 82.0 cm³/mol. The SMILES string of the molecule is Cc1nc(OCc2ccccc2)c(CBr)c2[nH]ncc12. The fraction of sp³-hybridized carbons (Fsp3) is 0.200. The number of pyridine rings is 1. The first-order valence-electron chi connectivity index (χ1n) is 6.35. The van der Waals surface area contributed by atoms with Gasteiger partial charge in [-0.15, -0.1) is 0 Å². The van der Waals surface area contributed by atoms with Crippen molar-refractivity contribution in [2.45, 2.75) is 18.9 Å². The van der Waals surface area contributed by atoms with Gasteiger partial charge in [0.25, 0.3) is 0 Å². The Hall–Kier alpha value is -1.88. The van der Waals surface area contributed by atoms with Crippen LogP contribution in [0.3, 0.4) is 0 Å². The van der Waals surface area contributed by atoms with E-state index in [2.05, 4.69) is 31.1 Å². The lowest BCUT2D eigenvalue weighted by molar-refractivity contribution is 0.291. The van der Waals surface area contributed by atoms with Crippen LogP contribution < -0.4 is 4.74 Å². The minimum absolute atomic E-state index is 0.507. The van der Waals surface area contributed by atoms with Gasteiger partial charge in [-0.1, -0.05) is 46.3 Å². The fourth-order valence-corrected chi connectivity index (χ4v) is 2.67. The molecule has 0 bridgehead atoms. The van der Waals surface area contributed by atoms with Crippen LogP contribution >= 0.6 is 15.9 Å². The van der Waals surface area contributed by atoms with E-state index in [0.717, 1.165) is 27.7 Å². The maximum absolute atomic E-state index is 5.88. The van der Waals surface area contributed by atoms with Crippen LogP contribution in [0.2, 0.25) is 0 Å². The Balaban J connectivity index is 1.94. The Labute approximate surface area is 125 Å². The van der Waals surface area contributed by atoms with Crippen LogP contribution in [0, 0.1) is 6.92 Å². The molecule has 0 amide bonds. The summed E-state index contributed by atoms with van der Waals surface area (Å²) in [5.41, 5.74) is 4.02. The van der Waals surface area contributed by atoms with Gasteiger partial charge in [0.15, 0.2) is 0 Å². The van der Waals surface area contributed by atoms with Crippen LogP contribution in [0.25, 0.3) is 10.9 Å². The van der Waals surface area contributed by atoms with E-state index >= 15 is 0 Å². The molecule has 2 aromatic heterocycles. The van der Waals surface area contributed by atoms with Crippen LogP contribution in [-0.2, 0) is 11.9 Å². The number of nitrogens with one attached hydrogen (secondary N) is 1. The normalized spacial score (nSPS) is 10.9. The van der Waals surface area contributed by atoms with E-state index < -0.39 is 0 Å². The van der Waals surface area contributed by atoms with Crippen LogP contribution in [0.4, 0.5) is 0 Å². The highest BCUT2D eigenvalue weighted by Gasteiger charge is 2.14. The first-order chi connectivity index (χ1) is 9.79. The average molecular weight is 332 g/mol. The molecule has 0 radical (unpaired) electrons. The first-order valence-corrected chi connectivity index (χ1v) is 7.47. The summed E-state index contributed by atoms with van der Waals surface area (Å²) in [6, 6.07) is 10.1.